The topological polar surface area (TPSA) is 110 Å². The third-order valence-electron chi connectivity index (χ3n) is 8.49. The van der Waals surface area contributed by atoms with Crippen LogP contribution in [0.3, 0.4) is 0 Å². The fourth-order valence-corrected chi connectivity index (χ4v) is 6.36. The lowest BCUT2D eigenvalue weighted by Crippen LogP contribution is -2.83. The Hall–Kier alpha value is -3.36. The molecule has 6 atom stereocenters. The second-order valence-corrected chi connectivity index (χ2v) is 11.2. The summed E-state index contributed by atoms with van der Waals surface area (Å²) in [6.45, 7) is -0.629. The van der Waals surface area contributed by atoms with E-state index in [0.717, 1.165) is 5.56 Å². The van der Waals surface area contributed by atoms with Crippen LogP contribution in [0.4, 0.5) is 0 Å². The van der Waals surface area contributed by atoms with Gasteiger partial charge in [0.1, 0.15) is 29.0 Å². The maximum absolute atomic E-state index is 13.0. The quantitative estimate of drug-likeness (QED) is 0.206. The normalized spacial score (nSPS) is 28.7. The second kappa shape index (κ2) is 12.2. The third-order valence-corrected chi connectivity index (χ3v) is 8.49. The van der Waals surface area contributed by atoms with E-state index >= 15 is 0 Å². The van der Waals surface area contributed by atoms with Crippen molar-refractivity contribution in [1.29, 1.82) is 0 Å². The molecule has 0 saturated carbocycles. The monoisotopic (exact) mass is 554 g/mol. The van der Waals surface area contributed by atoms with Crippen LogP contribution < -0.4 is 0 Å². The van der Waals surface area contributed by atoms with Crippen LogP contribution in [0, 0.1) is 0 Å². The molecule has 0 aliphatic carbocycles. The van der Waals surface area contributed by atoms with Gasteiger partial charge in [-0.05, 0) is 22.3 Å². The molecule has 0 amide bonds. The highest BCUT2D eigenvalue weighted by Crippen LogP contribution is 2.50. The molecule has 41 heavy (non-hydrogen) atoms. The first-order valence-electron chi connectivity index (χ1n) is 14.1. The summed E-state index contributed by atoms with van der Waals surface area (Å²) in [5.74, 6) is 0. The summed E-state index contributed by atoms with van der Waals surface area (Å²) in [7, 11) is 0. The molecule has 4 aromatic rings. The van der Waals surface area contributed by atoms with Gasteiger partial charge in [0.15, 0.2) is 0 Å². The van der Waals surface area contributed by atoms with E-state index in [1.807, 2.05) is 121 Å². The zero-order valence-corrected chi connectivity index (χ0v) is 23.0. The Bertz CT molecular complexity index is 1370. The van der Waals surface area contributed by atoms with E-state index in [1.165, 1.54) is 0 Å². The average Bonchev–Trinajstić information content (AvgIpc) is 2.98. The molecule has 5 N–H and O–H groups in total. The molecular formula is C35H38O6. The highest BCUT2D eigenvalue weighted by molar-refractivity contribution is 5.34. The molecular weight excluding hydrogens is 516 g/mol. The van der Waals surface area contributed by atoms with Gasteiger partial charge < -0.3 is 30.3 Å². The SMILES string of the molecule is OC[C@@H]1O[C@H](C(O)Cc2ccccc2)[C@@](O)(Cc2ccccc2)[C@@](O)(Cc2ccccc2)[C@]1(O)Cc1ccccc1. The van der Waals surface area contributed by atoms with Gasteiger partial charge in [-0.15, -0.1) is 0 Å². The van der Waals surface area contributed by atoms with Gasteiger partial charge in [-0.2, -0.15) is 0 Å². The Kier molecular flexibility index (Phi) is 8.71. The molecule has 0 aromatic heterocycles. The summed E-state index contributed by atoms with van der Waals surface area (Å²) in [6, 6.07) is 36.8. The molecule has 6 heteroatoms. The van der Waals surface area contributed by atoms with Gasteiger partial charge >= 0.3 is 0 Å². The molecule has 214 valence electrons. The van der Waals surface area contributed by atoms with E-state index in [4.69, 9.17) is 4.74 Å². The van der Waals surface area contributed by atoms with E-state index in [2.05, 4.69) is 0 Å². The molecule has 1 aliphatic heterocycles. The molecule has 0 radical (unpaired) electrons. The fraction of sp³-hybridized carbons (Fsp3) is 0.314. The molecule has 5 rings (SSSR count). The maximum atomic E-state index is 13.0. The molecule has 1 aliphatic rings. The van der Waals surface area contributed by atoms with Crippen molar-refractivity contribution < 1.29 is 30.3 Å². The largest absolute Gasteiger partial charge is 0.394 e. The van der Waals surface area contributed by atoms with Crippen LogP contribution in [0.15, 0.2) is 121 Å². The van der Waals surface area contributed by atoms with Crippen molar-refractivity contribution in [3.63, 3.8) is 0 Å². The van der Waals surface area contributed by atoms with Gasteiger partial charge in [-0.25, -0.2) is 0 Å². The molecule has 4 aromatic carbocycles. The highest BCUT2D eigenvalue weighted by atomic mass is 16.6. The number of rotatable bonds is 10. The van der Waals surface area contributed by atoms with E-state index < -0.39 is 41.7 Å². The molecule has 1 unspecified atom stereocenters. The van der Waals surface area contributed by atoms with Crippen molar-refractivity contribution in [2.24, 2.45) is 0 Å². The van der Waals surface area contributed by atoms with Gasteiger partial charge in [0, 0.05) is 25.7 Å². The minimum atomic E-state index is -2.26. The van der Waals surface area contributed by atoms with Crippen molar-refractivity contribution in [2.45, 2.75) is 60.8 Å². The maximum Gasteiger partial charge on any atom is 0.132 e. The summed E-state index contributed by atoms with van der Waals surface area (Å²) < 4.78 is 6.32. The van der Waals surface area contributed by atoms with Crippen LogP contribution in [0.2, 0.25) is 0 Å². The lowest BCUT2D eigenvalue weighted by Gasteiger charge is -2.62. The number of aliphatic hydroxyl groups is 5. The van der Waals surface area contributed by atoms with Crippen LogP contribution in [0.25, 0.3) is 0 Å². The standard InChI is InChI=1S/C35H38O6/c36-25-31-33(38,22-27-15-7-2-8-16-27)35(40,24-29-19-11-4-12-20-29)34(39,23-28-17-9-3-10-18-28)32(41-31)30(37)21-26-13-5-1-6-14-26/h1-20,30-32,36-40H,21-25H2/t30?,31-,32+,33-,34-,35+/m0/s1. The van der Waals surface area contributed by atoms with E-state index in [9.17, 15) is 25.5 Å². The van der Waals surface area contributed by atoms with Crippen molar-refractivity contribution in [2.75, 3.05) is 6.61 Å². The first-order valence-corrected chi connectivity index (χ1v) is 14.1. The zero-order chi connectivity index (χ0) is 28.9. The number of benzene rings is 4. The Labute approximate surface area is 241 Å². The zero-order valence-electron chi connectivity index (χ0n) is 23.0. The average molecular weight is 555 g/mol. The molecule has 1 fully saturated rings. The summed E-state index contributed by atoms with van der Waals surface area (Å²) in [4.78, 5) is 0. The first-order chi connectivity index (χ1) is 19.8. The molecule has 0 spiro atoms. The fourth-order valence-electron chi connectivity index (χ4n) is 6.36. The number of hydrogen-bond acceptors (Lipinski definition) is 6. The molecule has 0 bridgehead atoms. The van der Waals surface area contributed by atoms with Gasteiger partial charge in [0.25, 0.3) is 0 Å². The van der Waals surface area contributed by atoms with Crippen LogP contribution in [-0.2, 0) is 30.4 Å². The third kappa shape index (κ3) is 5.72. The lowest BCUT2D eigenvalue weighted by atomic mass is 9.57. The summed E-state index contributed by atoms with van der Waals surface area (Å²) in [6.07, 6.45) is -4.12. The Morgan fingerprint density at radius 1 is 0.561 bits per heavy atom. The van der Waals surface area contributed by atoms with Gasteiger partial charge in [0.2, 0.25) is 0 Å². The Balaban J connectivity index is 1.68. The minimum absolute atomic E-state index is 0.0962. The summed E-state index contributed by atoms with van der Waals surface area (Å²) in [5, 5.41) is 60.7. The number of aliphatic hydroxyl groups excluding tert-OH is 2. The van der Waals surface area contributed by atoms with Crippen LogP contribution >= 0.6 is 0 Å². The molecule has 6 nitrogen and oxygen atoms in total. The van der Waals surface area contributed by atoms with Crippen LogP contribution in [-0.4, -0.2) is 67.3 Å². The number of ether oxygens (including phenoxy) is 1. The van der Waals surface area contributed by atoms with Gasteiger partial charge in [0.05, 0.1) is 12.7 Å². The smallest absolute Gasteiger partial charge is 0.132 e. The van der Waals surface area contributed by atoms with Crippen molar-refractivity contribution in [1.82, 2.24) is 0 Å². The van der Waals surface area contributed by atoms with E-state index in [1.54, 1.807) is 0 Å². The van der Waals surface area contributed by atoms with Crippen molar-refractivity contribution in [3.05, 3.63) is 144 Å². The first kappa shape index (κ1) is 29.1. The highest BCUT2D eigenvalue weighted by Gasteiger charge is 2.72. The predicted molar refractivity (Wildman–Crippen MR) is 157 cm³/mol. The number of hydrogen-bond donors (Lipinski definition) is 5. The van der Waals surface area contributed by atoms with Crippen molar-refractivity contribution >= 4 is 0 Å². The second-order valence-electron chi connectivity index (χ2n) is 11.2. The minimum Gasteiger partial charge on any atom is -0.394 e. The molecule has 1 saturated heterocycles. The summed E-state index contributed by atoms with van der Waals surface area (Å²) in [5.41, 5.74) is -3.66. The van der Waals surface area contributed by atoms with E-state index in [-0.39, 0.29) is 25.7 Å². The summed E-state index contributed by atoms with van der Waals surface area (Å²) >= 11 is 0. The Morgan fingerprint density at radius 3 is 1.39 bits per heavy atom. The van der Waals surface area contributed by atoms with Crippen molar-refractivity contribution in [3.8, 4) is 0 Å². The van der Waals surface area contributed by atoms with Gasteiger partial charge in [-0.1, -0.05) is 121 Å². The van der Waals surface area contributed by atoms with Crippen LogP contribution in [0.5, 0.6) is 0 Å². The Morgan fingerprint density at radius 2 is 0.951 bits per heavy atom. The lowest BCUT2D eigenvalue weighted by molar-refractivity contribution is -0.368. The van der Waals surface area contributed by atoms with Gasteiger partial charge in [-0.3, -0.25) is 0 Å². The van der Waals surface area contributed by atoms with E-state index in [0.29, 0.717) is 16.7 Å². The van der Waals surface area contributed by atoms with Crippen LogP contribution in [0.1, 0.15) is 22.3 Å². The predicted octanol–water partition coefficient (Wildman–Crippen LogP) is 3.27. The molecule has 1 heterocycles.